The number of aryl methyl sites for hydroxylation is 1. The molecule has 2 aromatic heterocycles. The number of nitriles is 2. The Morgan fingerprint density at radius 1 is 1.31 bits per heavy atom. The number of rotatable bonds is 1. The summed E-state index contributed by atoms with van der Waals surface area (Å²) in [4.78, 5) is 7.85. The maximum Gasteiger partial charge on any atom is 0.177 e. The van der Waals surface area contributed by atoms with Crippen LogP contribution < -0.4 is 0 Å². The Hall–Kier alpha value is -2.66. The lowest BCUT2D eigenvalue weighted by atomic mass is 10.2. The van der Waals surface area contributed by atoms with Crippen LogP contribution in [0.1, 0.15) is 17.0 Å². The maximum absolute atomic E-state index is 8.99. The average molecular weight is 209 g/mol. The topological polar surface area (TPSA) is 78.3 Å². The van der Waals surface area contributed by atoms with Crippen molar-refractivity contribution in [2.45, 2.75) is 6.92 Å². The first-order chi connectivity index (χ1) is 7.77. The lowest BCUT2D eigenvalue weighted by molar-refractivity contribution is 1.01. The summed E-state index contributed by atoms with van der Waals surface area (Å²) in [6, 6.07) is 5.64. The molecule has 0 spiro atoms. The van der Waals surface area contributed by atoms with Crippen molar-refractivity contribution in [3.05, 3.63) is 41.7 Å². The fourth-order valence-corrected chi connectivity index (χ4v) is 1.46. The summed E-state index contributed by atoms with van der Waals surface area (Å²) in [6.07, 6.45) is 4.80. The molecule has 0 fully saturated rings. The molecule has 16 heavy (non-hydrogen) atoms. The molecule has 0 aliphatic rings. The molecule has 2 rings (SSSR count). The lowest BCUT2D eigenvalue weighted by Gasteiger charge is -2.05. The predicted octanol–water partition coefficient (Wildman–Crippen LogP) is 1.32. The molecule has 0 aliphatic carbocycles. The van der Waals surface area contributed by atoms with Crippen LogP contribution in [0, 0.1) is 29.6 Å². The predicted molar refractivity (Wildman–Crippen MR) is 55.5 cm³/mol. The van der Waals surface area contributed by atoms with Gasteiger partial charge >= 0.3 is 0 Å². The van der Waals surface area contributed by atoms with Gasteiger partial charge in [-0.3, -0.25) is 9.55 Å². The summed E-state index contributed by atoms with van der Waals surface area (Å²) >= 11 is 0. The van der Waals surface area contributed by atoms with Crippen molar-refractivity contribution in [3.63, 3.8) is 0 Å². The van der Waals surface area contributed by atoms with E-state index in [0.29, 0.717) is 0 Å². The van der Waals surface area contributed by atoms with E-state index in [1.165, 1.54) is 6.33 Å². The summed E-state index contributed by atoms with van der Waals surface area (Å²) in [6.45, 7) is 1.88. The number of hydrogen-bond donors (Lipinski definition) is 0. The molecule has 0 bridgehead atoms. The van der Waals surface area contributed by atoms with Crippen LogP contribution in [0.4, 0.5) is 0 Å². The maximum atomic E-state index is 8.99. The Kier molecular flexibility index (Phi) is 2.37. The molecule has 0 unspecified atom stereocenters. The Bertz CT molecular complexity index is 612. The molecule has 2 heterocycles. The van der Waals surface area contributed by atoms with Gasteiger partial charge in [0.05, 0.1) is 5.69 Å². The summed E-state index contributed by atoms with van der Waals surface area (Å²) < 4.78 is 1.59. The van der Waals surface area contributed by atoms with Crippen molar-refractivity contribution >= 4 is 0 Å². The van der Waals surface area contributed by atoms with Crippen molar-refractivity contribution in [2.75, 3.05) is 0 Å². The van der Waals surface area contributed by atoms with Gasteiger partial charge in [0.15, 0.2) is 11.4 Å². The molecule has 0 aromatic carbocycles. The van der Waals surface area contributed by atoms with Gasteiger partial charge in [0.1, 0.15) is 18.5 Å². The second-order valence-corrected chi connectivity index (χ2v) is 3.20. The van der Waals surface area contributed by atoms with Gasteiger partial charge in [0.25, 0.3) is 0 Å². The van der Waals surface area contributed by atoms with Crippen LogP contribution in [-0.2, 0) is 0 Å². The van der Waals surface area contributed by atoms with E-state index in [2.05, 4.69) is 9.97 Å². The molecule has 5 nitrogen and oxygen atoms in total. The minimum atomic E-state index is 0.138. The molecule has 0 amide bonds. The number of imidazole rings is 1. The molecule has 0 radical (unpaired) electrons. The molecular formula is C11H7N5. The molecular weight excluding hydrogens is 202 g/mol. The summed E-state index contributed by atoms with van der Waals surface area (Å²) in [5, 5.41) is 17.8. The largest absolute Gasteiger partial charge is 0.289 e. The van der Waals surface area contributed by atoms with Gasteiger partial charge in [-0.05, 0) is 18.6 Å². The van der Waals surface area contributed by atoms with E-state index >= 15 is 0 Å². The van der Waals surface area contributed by atoms with E-state index < -0.39 is 0 Å². The fraction of sp³-hybridized carbons (Fsp3) is 0.0909. The first-order valence-corrected chi connectivity index (χ1v) is 4.56. The lowest BCUT2D eigenvalue weighted by Crippen LogP contribution is -1.99. The number of hydrogen-bond acceptors (Lipinski definition) is 4. The first-order valence-electron chi connectivity index (χ1n) is 4.56. The van der Waals surface area contributed by atoms with E-state index in [1.54, 1.807) is 23.0 Å². The normalized spacial score (nSPS) is 9.44. The highest BCUT2D eigenvalue weighted by molar-refractivity contribution is 5.46. The molecule has 0 aliphatic heterocycles. The molecule has 76 valence electrons. The van der Waals surface area contributed by atoms with Gasteiger partial charge < -0.3 is 0 Å². The summed E-state index contributed by atoms with van der Waals surface area (Å²) in [5.74, 6) is 0. The van der Waals surface area contributed by atoms with Crippen molar-refractivity contribution in [1.29, 1.82) is 10.5 Å². The number of nitrogens with zero attached hydrogens (tertiary/aromatic N) is 5. The van der Waals surface area contributed by atoms with Gasteiger partial charge in [-0.1, -0.05) is 0 Å². The van der Waals surface area contributed by atoms with Gasteiger partial charge in [0, 0.05) is 12.4 Å². The SMILES string of the molecule is Cc1cnccc1-n1cnc(C#N)c1C#N. The van der Waals surface area contributed by atoms with Crippen molar-refractivity contribution in [1.82, 2.24) is 14.5 Å². The summed E-state index contributed by atoms with van der Waals surface area (Å²) in [5.41, 5.74) is 2.11. The number of aromatic nitrogens is 3. The average Bonchev–Trinajstić information content (AvgIpc) is 2.72. The second kappa shape index (κ2) is 3.84. The highest BCUT2D eigenvalue weighted by atomic mass is 15.1. The van der Waals surface area contributed by atoms with Gasteiger partial charge in [-0.2, -0.15) is 10.5 Å². The van der Waals surface area contributed by atoms with E-state index in [0.717, 1.165) is 11.3 Å². The van der Waals surface area contributed by atoms with Crippen LogP contribution in [0.25, 0.3) is 5.69 Å². The standard InChI is InChI=1S/C11H7N5/c1-8-6-14-3-2-10(8)16-7-15-9(4-12)11(16)5-13/h2-3,6-7H,1H3. The van der Waals surface area contributed by atoms with Crippen molar-refractivity contribution in [2.24, 2.45) is 0 Å². The molecule has 2 aromatic rings. The Balaban J connectivity index is 2.68. The minimum Gasteiger partial charge on any atom is -0.289 e. The third kappa shape index (κ3) is 1.41. The molecule has 0 saturated carbocycles. The van der Waals surface area contributed by atoms with Crippen LogP contribution in [-0.4, -0.2) is 14.5 Å². The number of pyridine rings is 1. The second-order valence-electron chi connectivity index (χ2n) is 3.20. The minimum absolute atomic E-state index is 0.138. The third-order valence-corrected chi connectivity index (χ3v) is 2.23. The Labute approximate surface area is 92.2 Å². The monoisotopic (exact) mass is 209 g/mol. The Morgan fingerprint density at radius 2 is 2.12 bits per heavy atom. The quantitative estimate of drug-likeness (QED) is 0.709. The van der Waals surface area contributed by atoms with Gasteiger partial charge in [0.2, 0.25) is 0 Å². The van der Waals surface area contributed by atoms with E-state index in [9.17, 15) is 0 Å². The fourth-order valence-electron chi connectivity index (χ4n) is 1.46. The van der Waals surface area contributed by atoms with Crippen LogP contribution in [0.2, 0.25) is 0 Å². The highest BCUT2D eigenvalue weighted by Gasteiger charge is 2.12. The molecule has 0 N–H and O–H groups in total. The third-order valence-electron chi connectivity index (χ3n) is 2.23. The zero-order valence-corrected chi connectivity index (χ0v) is 8.55. The molecule has 0 atom stereocenters. The van der Waals surface area contributed by atoms with E-state index in [1.807, 2.05) is 19.1 Å². The van der Waals surface area contributed by atoms with Crippen molar-refractivity contribution < 1.29 is 0 Å². The van der Waals surface area contributed by atoms with E-state index in [4.69, 9.17) is 10.5 Å². The summed E-state index contributed by atoms with van der Waals surface area (Å²) in [7, 11) is 0. The van der Waals surface area contributed by atoms with E-state index in [-0.39, 0.29) is 11.4 Å². The molecule has 5 heteroatoms. The van der Waals surface area contributed by atoms with Gasteiger partial charge in [-0.15, -0.1) is 0 Å². The van der Waals surface area contributed by atoms with Crippen LogP contribution in [0.15, 0.2) is 24.8 Å². The first kappa shape index (κ1) is 9.88. The molecule has 0 saturated heterocycles. The zero-order valence-electron chi connectivity index (χ0n) is 8.55. The van der Waals surface area contributed by atoms with Crippen molar-refractivity contribution in [3.8, 4) is 17.8 Å². The zero-order chi connectivity index (χ0) is 11.5. The van der Waals surface area contributed by atoms with Crippen LogP contribution >= 0.6 is 0 Å². The van der Waals surface area contributed by atoms with Gasteiger partial charge in [-0.25, -0.2) is 4.98 Å². The highest BCUT2D eigenvalue weighted by Crippen LogP contribution is 2.16. The Morgan fingerprint density at radius 3 is 2.75 bits per heavy atom. The smallest absolute Gasteiger partial charge is 0.177 e. The van der Waals surface area contributed by atoms with Crippen LogP contribution in [0.3, 0.4) is 0 Å². The van der Waals surface area contributed by atoms with Crippen LogP contribution in [0.5, 0.6) is 0 Å².